The van der Waals surface area contributed by atoms with Crippen molar-refractivity contribution in [2.75, 3.05) is 5.32 Å². The molecule has 0 aliphatic heterocycles. The van der Waals surface area contributed by atoms with E-state index >= 15 is 0 Å². The fourth-order valence-electron chi connectivity index (χ4n) is 2.95. The van der Waals surface area contributed by atoms with Crippen LogP contribution in [0.15, 0.2) is 42.9 Å². The maximum atomic E-state index is 4.62. The molecule has 0 radical (unpaired) electrons. The Balaban J connectivity index is 1.59. The van der Waals surface area contributed by atoms with Gasteiger partial charge in [0.15, 0.2) is 5.65 Å². The molecule has 0 amide bonds. The summed E-state index contributed by atoms with van der Waals surface area (Å²) in [6.07, 6.45) is 6.49. The first-order valence-corrected chi connectivity index (χ1v) is 8.67. The van der Waals surface area contributed by atoms with Crippen LogP contribution in [0, 0.1) is 6.92 Å². The number of anilines is 1. The minimum Gasteiger partial charge on any atom is -0.365 e. The Morgan fingerprint density at radius 3 is 2.73 bits per heavy atom. The number of nitrogens with zero attached hydrogens (tertiary/aromatic N) is 6. The van der Waals surface area contributed by atoms with Gasteiger partial charge in [0.1, 0.15) is 11.6 Å². The Labute approximate surface area is 151 Å². The highest BCUT2D eigenvalue weighted by molar-refractivity contribution is 5.86. The van der Waals surface area contributed by atoms with Crippen molar-refractivity contribution in [3.05, 3.63) is 59.8 Å². The number of para-hydroxylation sites is 1. The van der Waals surface area contributed by atoms with E-state index in [-0.39, 0.29) is 0 Å². The minimum atomic E-state index is 0.635. The molecule has 4 aromatic rings. The van der Waals surface area contributed by atoms with E-state index in [9.17, 15) is 0 Å². The van der Waals surface area contributed by atoms with Crippen LogP contribution >= 0.6 is 0 Å². The molecule has 0 fully saturated rings. The van der Waals surface area contributed by atoms with E-state index < -0.39 is 0 Å². The van der Waals surface area contributed by atoms with E-state index in [2.05, 4.69) is 44.5 Å². The maximum Gasteiger partial charge on any atom is 0.163 e. The molecule has 132 valence electrons. The van der Waals surface area contributed by atoms with Gasteiger partial charge in [-0.15, -0.1) is 0 Å². The molecule has 0 unspecified atom stereocenters. The summed E-state index contributed by atoms with van der Waals surface area (Å²) in [6.45, 7) is 4.77. The van der Waals surface area contributed by atoms with Gasteiger partial charge in [0.25, 0.3) is 0 Å². The van der Waals surface area contributed by atoms with Gasteiger partial charge < -0.3 is 5.32 Å². The van der Waals surface area contributed by atoms with Crippen LogP contribution in [0.2, 0.25) is 0 Å². The number of hydrogen-bond acceptors (Lipinski definition) is 5. The molecular weight excluding hydrogens is 326 g/mol. The van der Waals surface area contributed by atoms with Crippen molar-refractivity contribution < 1.29 is 0 Å². The molecule has 0 atom stereocenters. The van der Waals surface area contributed by atoms with Crippen molar-refractivity contribution in [1.29, 1.82) is 0 Å². The number of hydrogen-bond donors (Lipinski definition) is 1. The van der Waals surface area contributed by atoms with Gasteiger partial charge in [0.2, 0.25) is 0 Å². The summed E-state index contributed by atoms with van der Waals surface area (Å²) in [5.74, 6) is 1.61. The lowest BCUT2D eigenvalue weighted by Crippen LogP contribution is -2.05. The summed E-state index contributed by atoms with van der Waals surface area (Å²) in [6, 6.07) is 8.20. The van der Waals surface area contributed by atoms with E-state index in [1.54, 1.807) is 10.9 Å². The fraction of sp³-hybridized carbons (Fsp3) is 0.263. The molecule has 1 aromatic carbocycles. The average molecular weight is 347 g/mol. The van der Waals surface area contributed by atoms with Gasteiger partial charge in [-0.2, -0.15) is 10.2 Å². The topological polar surface area (TPSA) is 73.5 Å². The molecule has 0 aliphatic carbocycles. The molecule has 0 aliphatic rings. The lowest BCUT2D eigenvalue weighted by molar-refractivity contribution is 0.779. The van der Waals surface area contributed by atoms with Crippen LogP contribution in [0.25, 0.3) is 16.7 Å². The van der Waals surface area contributed by atoms with Crippen LogP contribution in [0.4, 0.5) is 5.82 Å². The van der Waals surface area contributed by atoms with Crippen LogP contribution in [0.3, 0.4) is 0 Å². The van der Waals surface area contributed by atoms with Gasteiger partial charge in [-0.25, -0.2) is 14.6 Å². The minimum absolute atomic E-state index is 0.635. The van der Waals surface area contributed by atoms with Crippen molar-refractivity contribution >= 4 is 16.9 Å². The number of fused-ring (bicyclic) bond motifs is 1. The van der Waals surface area contributed by atoms with Crippen molar-refractivity contribution in [2.24, 2.45) is 7.05 Å². The molecule has 7 heteroatoms. The lowest BCUT2D eigenvalue weighted by Gasteiger charge is -2.07. The molecule has 4 rings (SSSR count). The molecule has 0 saturated carbocycles. The van der Waals surface area contributed by atoms with E-state index in [0.29, 0.717) is 6.54 Å². The summed E-state index contributed by atoms with van der Waals surface area (Å²) in [4.78, 5) is 9.18. The standard InChI is InChI=1S/C19H21N7/c1-4-17-23-18(15-11-21-25(3)19(15)24-17)20-9-14-10-22-26(12-14)16-8-6-5-7-13(16)2/h5-8,10-12H,4,9H2,1-3H3,(H,20,23,24). The predicted molar refractivity (Wildman–Crippen MR) is 101 cm³/mol. The third-order valence-corrected chi connectivity index (χ3v) is 4.41. The Morgan fingerprint density at radius 2 is 1.92 bits per heavy atom. The highest BCUT2D eigenvalue weighted by atomic mass is 15.3. The second-order valence-electron chi connectivity index (χ2n) is 6.28. The number of aryl methyl sites for hydroxylation is 3. The molecule has 0 bridgehead atoms. The Hall–Kier alpha value is -3.22. The highest BCUT2D eigenvalue weighted by Crippen LogP contribution is 2.21. The zero-order chi connectivity index (χ0) is 18.1. The monoisotopic (exact) mass is 347 g/mol. The van der Waals surface area contributed by atoms with Crippen molar-refractivity contribution in [2.45, 2.75) is 26.8 Å². The molecule has 3 heterocycles. The highest BCUT2D eigenvalue weighted by Gasteiger charge is 2.11. The largest absolute Gasteiger partial charge is 0.365 e. The van der Waals surface area contributed by atoms with Crippen LogP contribution in [-0.2, 0) is 20.0 Å². The van der Waals surface area contributed by atoms with Gasteiger partial charge >= 0.3 is 0 Å². The second-order valence-corrected chi connectivity index (χ2v) is 6.28. The maximum absolute atomic E-state index is 4.62. The van der Waals surface area contributed by atoms with Gasteiger partial charge in [0, 0.05) is 31.8 Å². The number of benzene rings is 1. The summed E-state index contributed by atoms with van der Waals surface area (Å²) in [5, 5.41) is 13.1. The van der Waals surface area contributed by atoms with E-state index in [1.807, 2.05) is 43.2 Å². The summed E-state index contributed by atoms with van der Waals surface area (Å²) >= 11 is 0. The summed E-state index contributed by atoms with van der Waals surface area (Å²) in [5.41, 5.74) is 4.20. The molecule has 3 aromatic heterocycles. The Kier molecular flexibility index (Phi) is 4.12. The molecule has 7 nitrogen and oxygen atoms in total. The fourth-order valence-corrected chi connectivity index (χ4v) is 2.95. The predicted octanol–water partition coefficient (Wildman–Crippen LogP) is 3.03. The lowest BCUT2D eigenvalue weighted by atomic mass is 10.2. The van der Waals surface area contributed by atoms with Crippen molar-refractivity contribution in [3.8, 4) is 5.69 Å². The van der Waals surface area contributed by atoms with Crippen LogP contribution < -0.4 is 5.32 Å². The number of aromatic nitrogens is 6. The van der Waals surface area contributed by atoms with E-state index in [1.165, 1.54) is 5.56 Å². The number of rotatable bonds is 5. The number of nitrogens with one attached hydrogen (secondary N) is 1. The first-order valence-electron chi connectivity index (χ1n) is 8.67. The van der Waals surface area contributed by atoms with E-state index in [4.69, 9.17) is 0 Å². The summed E-state index contributed by atoms with van der Waals surface area (Å²) < 4.78 is 3.68. The molecule has 26 heavy (non-hydrogen) atoms. The smallest absolute Gasteiger partial charge is 0.163 e. The van der Waals surface area contributed by atoms with Gasteiger partial charge in [-0.05, 0) is 18.6 Å². The first-order chi connectivity index (χ1) is 12.7. The third-order valence-electron chi connectivity index (χ3n) is 4.41. The zero-order valence-electron chi connectivity index (χ0n) is 15.1. The first kappa shape index (κ1) is 16.3. The Morgan fingerprint density at radius 1 is 1.08 bits per heavy atom. The average Bonchev–Trinajstić information content (AvgIpc) is 3.27. The SMILES string of the molecule is CCc1nc(NCc2cnn(-c3ccccc3C)c2)c2cnn(C)c2n1. The quantitative estimate of drug-likeness (QED) is 0.601. The Bertz CT molecular complexity index is 1060. The zero-order valence-corrected chi connectivity index (χ0v) is 15.1. The van der Waals surface area contributed by atoms with Gasteiger partial charge in [-0.3, -0.25) is 4.68 Å². The second kappa shape index (κ2) is 6.59. The summed E-state index contributed by atoms with van der Waals surface area (Å²) in [7, 11) is 1.89. The van der Waals surface area contributed by atoms with Crippen LogP contribution in [0.5, 0.6) is 0 Å². The molecule has 0 saturated heterocycles. The van der Waals surface area contributed by atoms with Crippen molar-refractivity contribution in [3.63, 3.8) is 0 Å². The normalized spacial score (nSPS) is 11.2. The van der Waals surface area contributed by atoms with Crippen molar-refractivity contribution in [1.82, 2.24) is 29.5 Å². The third kappa shape index (κ3) is 2.92. The van der Waals surface area contributed by atoms with Gasteiger partial charge in [0.05, 0.1) is 23.5 Å². The molecule has 1 N–H and O–H groups in total. The molecule has 0 spiro atoms. The molecular formula is C19H21N7. The van der Waals surface area contributed by atoms with Crippen LogP contribution in [-0.4, -0.2) is 29.5 Å². The van der Waals surface area contributed by atoms with E-state index in [0.717, 1.165) is 40.3 Å². The van der Waals surface area contributed by atoms with Gasteiger partial charge in [-0.1, -0.05) is 25.1 Å². The van der Waals surface area contributed by atoms with Crippen LogP contribution in [0.1, 0.15) is 23.9 Å².